The zero-order valence-corrected chi connectivity index (χ0v) is 10.4. The summed E-state index contributed by atoms with van der Waals surface area (Å²) in [4.78, 5) is 5.93. The van der Waals surface area contributed by atoms with Crippen LogP contribution in [-0.2, 0) is 11.4 Å². The second kappa shape index (κ2) is 3.75. The van der Waals surface area contributed by atoms with Crippen molar-refractivity contribution >= 4 is 5.69 Å². The minimum atomic E-state index is -0.151. The van der Waals surface area contributed by atoms with Gasteiger partial charge in [0.25, 0.3) is 0 Å². The van der Waals surface area contributed by atoms with Crippen LogP contribution in [0.5, 0.6) is 0 Å². The van der Waals surface area contributed by atoms with Crippen molar-refractivity contribution in [3.8, 4) is 0 Å². The van der Waals surface area contributed by atoms with Crippen LogP contribution in [0.2, 0.25) is 0 Å². The molecule has 16 heavy (non-hydrogen) atoms. The highest BCUT2D eigenvalue weighted by atomic mass is 16.7. The number of nitrogens with zero attached hydrogens (tertiary/aromatic N) is 1. The van der Waals surface area contributed by atoms with Gasteiger partial charge in [0.15, 0.2) is 0 Å². The summed E-state index contributed by atoms with van der Waals surface area (Å²) >= 11 is 0. The first kappa shape index (κ1) is 11.4. The Morgan fingerprint density at radius 2 is 2.06 bits per heavy atom. The average Bonchev–Trinajstić information content (AvgIpc) is 2.40. The first-order valence-corrected chi connectivity index (χ1v) is 5.71. The summed E-state index contributed by atoms with van der Waals surface area (Å²) in [5.74, 6) is 0. The molecule has 0 fully saturated rings. The molecule has 88 valence electrons. The number of hydroxylamine groups is 2. The normalized spacial score (nSPS) is 21.1. The fraction of sp³-hybridized carbons (Fsp3) is 0.538. The Morgan fingerprint density at radius 3 is 2.69 bits per heavy atom. The summed E-state index contributed by atoms with van der Waals surface area (Å²) in [6.07, 6.45) is 0. The van der Waals surface area contributed by atoms with Crippen molar-refractivity contribution in [2.75, 3.05) is 5.73 Å². The van der Waals surface area contributed by atoms with Gasteiger partial charge in [-0.05, 0) is 51.0 Å². The van der Waals surface area contributed by atoms with Crippen LogP contribution in [0, 0.1) is 0 Å². The van der Waals surface area contributed by atoms with Gasteiger partial charge in [-0.25, -0.2) is 0 Å². The molecule has 1 heterocycles. The van der Waals surface area contributed by atoms with Crippen LogP contribution in [0.25, 0.3) is 0 Å². The molecule has 0 spiro atoms. The van der Waals surface area contributed by atoms with Crippen LogP contribution in [0.4, 0.5) is 5.69 Å². The Kier molecular flexibility index (Phi) is 2.68. The van der Waals surface area contributed by atoms with Crippen molar-refractivity contribution in [2.24, 2.45) is 0 Å². The molecule has 0 aliphatic carbocycles. The number of nitrogens with two attached hydrogens (primary N) is 1. The highest BCUT2D eigenvalue weighted by molar-refractivity contribution is 5.47. The van der Waals surface area contributed by atoms with Gasteiger partial charge < -0.3 is 5.73 Å². The van der Waals surface area contributed by atoms with Crippen LogP contribution in [0.15, 0.2) is 18.2 Å². The zero-order chi connectivity index (χ0) is 11.9. The van der Waals surface area contributed by atoms with Gasteiger partial charge in [0, 0.05) is 5.69 Å². The van der Waals surface area contributed by atoms with Crippen molar-refractivity contribution < 1.29 is 4.84 Å². The lowest BCUT2D eigenvalue weighted by atomic mass is 10.1. The molecule has 0 saturated carbocycles. The fourth-order valence-corrected chi connectivity index (χ4v) is 2.09. The molecule has 1 aromatic rings. The van der Waals surface area contributed by atoms with Gasteiger partial charge in [-0.1, -0.05) is 6.07 Å². The molecule has 3 nitrogen and oxygen atoms in total. The quantitative estimate of drug-likeness (QED) is 0.740. The third-order valence-electron chi connectivity index (χ3n) is 2.77. The van der Waals surface area contributed by atoms with E-state index in [0.717, 1.165) is 12.2 Å². The monoisotopic (exact) mass is 220 g/mol. The fourth-order valence-electron chi connectivity index (χ4n) is 2.09. The molecule has 0 radical (unpaired) electrons. The largest absolute Gasteiger partial charge is 0.399 e. The third-order valence-corrected chi connectivity index (χ3v) is 2.77. The van der Waals surface area contributed by atoms with E-state index < -0.39 is 0 Å². The van der Waals surface area contributed by atoms with Crippen molar-refractivity contribution in [2.45, 2.75) is 45.9 Å². The number of rotatable bonds is 1. The number of hydrogen-bond donors (Lipinski definition) is 1. The first-order chi connectivity index (χ1) is 7.37. The smallest absolute Gasteiger partial charge is 0.0816 e. The molecule has 0 bridgehead atoms. The molecule has 2 rings (SSSR count). The third kappa shape index (κ3) is 2.20. The summed E-state index contributed by atoms with van der Waals surface area (Å²) in [6, 6.07) is 6.39. The molecule has 1 atom stereocenters. The number of nitrogen functional groups attached to an aromatic ring is 1. The van der Waals surface area contributed by atoms with Gasteiger partial charge in [0.2, 0.25) is 0 Å². The molecule has 1 unspecified atom stereocenters. The molecular formula is C13H20N2O. The molecular weight excluding hydrogens is 200 g/mol. The lowest BCUT2D eigenvalue weighted by molar-refractivity contribution is -0.248. The van der Waals surface area contributed by atoms with E-state index in [0.29, 0.717) is 6.04 Å². The van der Waals surface area contributed by atoms with E-state index in [2.05, 4.69) is 33.8 Å². The molecule has 3 heteroatoms. The molecule has 0 aromatic heterocycles. The molecule has 2 N–H and O–H groups in total. The van der Waals surface area contributed by atoms with Gasteiger partial charge in [-0.15, -0.1) is 0 Å². The van der Waals surface area contributed by atoms with E-state index in [1.165, 1.54) is 11.1 Å². The minimum absolute atomic E-state index is 0.151. The summed E-state index contributed by atoms with van der Waals surface area (Å²) in [5.41, 5.74) is 9.05. The zero-order valence-electron chi connectivity index (χ0n) is 10.4. The second-order valence-electron chi connectivity index (χ2n) is 5.41. The van der Waals surface area contributed by atoms with Crippen molar-refractivity contribution in [3.05, 3.63) is 29.3 Å². The summed E-state index contributed by atoms with van der Waals surface area (Å²) < 4.78 is 0. The molecule has 1 aliphatic rings. The van der Waals surface area contributed by atoms with Crippen LogP contribution >= 0.6 is 0 Å². The number of hydrogen-bond acceptors (Lipinski definition) is 3. The summed E-state index contributed by atoms with van der Waals surface area (Å²) in [5, 5.41) is 2.03. The Labute approximate surface area is 97.1 Å². The van der Waals surface area contributed by atoms with Crippen LogP contribution in [0.3, 0.4) is 0 Å². The van der Waals surface area contributed by atoms with Crippen LogP contribution in [-0.4, -0.2) is 10.7 Å². The van der Waals surface area contributed by atoms with Gasteiger partial charge in [0.1, 0.15) is 0 Å². The average molecular weight is 220 g/mol. The van der Waals surface area contributed by atoms with Crippen molar-refractivity contribution in [1.29, 1.82) is 0 Å². The van der Waals surface area contributed by atoms with Gasteiger partial charge >= 0.3 is 0 Å². The molecule has 1 aliphatic heterocycles. The van der Waals surface area contributed by atoms with Gasteiger partial charge in [0.05, 0.1) is 18.2 Å². The maximum absolute atomic E-state index is 5.93. The van der Waals surface area contributed by atoms with Crippen LogP contribution in [0.1, 0.15) is 44.9 Å². The van der Waals surface area contributed by atoms with E-state index in [-0.39, 0.29) is 5.60 Å². The second-order valence-corrected chi connectivity index (χ2v) is 5.41. The van der Waals surface area contributed by atoms with E-state index in [4.69, 9.17) is 10.6 Å². The topological polar surface area (TPSA) is 38.5 Å². The Bertz CT molecular complexity index is 395. The van der Waals surface area contributed by atoms with Crippen molar-refractivity contribution in [3.63, 3.8) is 0 Å². The number of benzene rings is 1. The lowest BCUT2D eigenvalue weighted by Gasteiger charge is -2.29. The SMILES string of the molecule is CC1c2ccc(N)cc2CN1OC(C)(C)C. The van der Waals surface area contributed by atoms with Gasteiger partial charge in [-0.3, -0.25) is 4.84 Å². The maximum Gasteiger partial charge on any atom is 0.0816 e. The summed E-state index contributed by atoms with van der Waals surface area (Å²) in [7, 11) is 0. The standard InChI is InChI=1S/C13H20N2O/c1-9-12-6-5-11(14)7-10(12)8-15(9)16-13(2,3)4/h5-7,9H,8,14H2,1-4H3. The molecule has 0 saturated heterocycles. The Morgan fingerprint density at radius 1 is 1.38 bits per heavy atom. The Hall–Kier alpha value is -1.06. The minimum Gasteiger partial charge on any atom is -0.399 e. The predicted molar refractivity (Wildman–Crippen MR) is 65.7 cm³/mol. The van der Waals surface area contributed by atoms with Gasteiger partial charge in [-0.2, -0.15) is 5.06 Å². The molecule has 0 amide bonds. The maximum atomic E-state index is 5.93. The van der Waals surface area contributed by atoms with Crippen LogP contribution < -0.4 is 5.73 Å². The van der Waals surface area contributed by atoms with E-state index in [1.54, 1.807) is 0 Å². The van der Waals surface area contributed by atoms with E-state index in [1.807, 2.05) is 17.2 Å². The Balaban J connectivity index is 2.20. The number of fused-ring (bicyclic) bond motifs is 1. The summed E-state index contributed by atoms with van der Waals surface area (Å²) in [6.45, 7) is 9.18. The highest BCUT2D eigenvalue weighted by Crippen LogP contribution is 2.35. The predicted octanol–water partition coefficient (Wildman–Crippen LogP) is 2.88. The number of anilines is 1. The van der Waals surface area contributed by atoms with Crippen molar-refractivity contribution in [1.82, 2.24) is 5.06 Å². The molecule has 1 aromatic carbocycles. The first-order valence-electron chi connectivity index (χ1n) is 5.71. The lowest BCUT2D eigenvalue weighted by Crippen LogP contribution is -2.32. The van der Waals surface area contributed by atoms with E-state index in [9.17, 15) is 0 Å². The highest BCUT2D eigenvalue weighted by Gasteiger charge is 2.30. The van der Waals surface area contributed by atoms with E-state index >= 15 is 0 Å².